The third-order valence-corrected chi connectivity index (χ3v) is 8.66. The molecule has 1 saturated heterocycles. The van der Waals surface area contributed by atoms with E-state index in [1.54, 1.807) is 7.11 Å². The Morgan fingerprint density at radius 1 is 0.810 bits per heavy atom. The average molecular weight is 560 g/mol. The number of ether oxygens (including phenoxy) is 1. The molecule has 42 heavy (non-hydrogen) atoms. The Labute approximate surface area is 249 Å². The van der Waals surface area contributed by atoms with Crippen molar-refractivity contribution in [3.05, 3.63) is 96.1 Å². The molecule has 4 aromatic carbocycles. The van der Waals surface area contributed by atoms with Crippen LogP contribution >= 0.6 is 0 Å². The second-order valence-corrected chi connectivity index (χ2v) is 11.3. The van der Waals surface area contributed by atoms with E-state index < -0.39 is 0 Å². The molecular formula is C36H41N5O. The van der Waals surface area contributed by atoms with Crippen LogP contribution in [0.5, 0.6) is 5.75 Å². The highest BCUT2D eigenvalue weighted by atomic mass is 16.5. The zero-order chi connectivity index (χ0) is 28.9. The predicted molar refractivity (Wildman–Crippen MR) is 174 cm³/mol. The number of aromatic nitrogens is 2. The summed E-state index contributed by atoms with van der Waals surface area (Å²) in [4.78, 5) is 4.98. The first kappa shape index (κ1) is 28.1. The standard InChI is InChI=1S/C36H41N5O/c1-4-40(5-2)24-26-10-14-29(15-11-26)35-33-17-16-32(42-3)23-34(33)36(39-38-35)37-31-18-20-41(21-19-31)25-27-12-13-28-8-6-7-9-30(28)22-27/h6-17,22-23,31H,4-5,18-21,24-25H2,1-3H3,(H,37,39). The van der Waals surface area contributed by atoms with Crippen molar-refractivity contribution in [3.63, 3.8) is 0 Å². The van der Waals surface area contributed by atoms with E-state index in [0.717, 1.165) is 85.7 Å². The van der Waals surface area contributed by atoms with Crippen LogP contribution in [0.25, 0.3) is 32.8 Å². The fourth-order valence-electron chi connectivity index (χ4n) is 6.08. The van der Waals surface area contributed by atoms with E-state index in [9.17, 15) is 0 Å². The lowest BCUT2D eigenvalue weighted by molar-refractivity contribution is 0.211. The monoisotopic (exact) mass is 559 g/mol. The molecule has 0 amide bonds. The van der Waals surface area contributed by atoms with Crippen LogP contribution in [-0.2, 0) is 13.1 Å². The van der Waals surface area contributed by atoms with Crippen LogP contribution in [0.2, 0.25) is 0 Å². The van der Waals surface area contributed by atoms with Crippen molar-refractivity contribution in [2.45, 2.75) is 45.8 Å². The second kappa shape index (κ2) is 12.9. The van der Waals surface area contributed by atoms with Gasteiger partial charge in [-0.25, -0.2) is 0 Å². The summed E-state index contributed by atoms with van der Waals surface area (Å²) in [5.74, 6) is 1.66. The molecule has 1 fully saturated rings. The number of rotatable bonds is 10. The maximum Gasteiger partial charge on any atom is 0.156 e. The molecule has 1 N–H and O–H groups in total. The van der Waals surface area contributed by atoms with Gasteiger partial charge >= 0.3 is 0 Å². The molecule has 0 unspecified atom stereocenters. The topological polar surface area (TPSA) is 53.5 Å². The molecule has 0 aliphatic carbocycles. The molecule has 1 aliphatic heterocycles. The van der Waals surface area contributed by atoms with Gasteiger partial charge in [0.15, 0.2) is 5.82 Å². The summed E-state index contributed by atoms with van der Waals surface area (Å²) < 4.78 is 5.60. The van der Waals surface area contributed by atoms with Crippen molar-refractivity contribution in [1.29, 1.82) is 0 Å². The Balaban J connectivity index is 1.16. The Bertz CT molecular complexity index is 1640. The van der Waals surface area contributed by atoms with Crippen LogP contribution in [0.15, 0.2) is 84.9 Å². The summed E-state index contributed by atoms with van der Waals surface area (Å²) in [6.07, 6.45) is 2.13. The lowest BCUT2D eigenvalue weighted by atomic mass is 10.0. The first-order valence-electron chi connectivity index (χ1n) is 15.3. The van der Waals surface area contributed by atoms with Crippen molar-refractivity contribution < 1.29 is 4.74 Å². The first-order valence-corrected chi connectivity index (χ1v) is 15.3. The number of nitrogens with zero attached hydrogens (tertiary/aromatic N) is 4. The zero-order valence-corrected chi connectivity index (χ0v) is 25.0. The summed E-state index contributed by atoms with van der Waals surface area (Å²) in [7, 11) is 1.71. The Morgan fingerprint density at radius 2 is 1.55 bits per heavy atom. The molecule has 0 atom stereocenters. The maximum atomic E-state index is 5.60. The normalized spacial score (nSPS) is 14.6. The number of piperidine rings is 1. The van der Waals surface area contributed by atoms with Gasteiger partial charge in [-0.1, -0.05) is 74.5 Å². The van der Waals surface area contributed by atoms with Crippen molar-refractivity contribution >= 4 is 27.4 Å². The number of fused-ring (bicyclic) bond motifs is 2. The lowest BCUT2D eigenvalue weighted by Gasteiger charge is -2.32. The van der Waals surface area contributed by atoms with E-state index >= 15 is 0 Å². The third kappa shape index (κ3) is 6.25. The van der Waals surface area contributed by atoms with Crippen molar-refractivity contribution in [2.75, 3.05) is 38.6 Å². The summed E-state index contributed by atoms with van der Waals surface area (Å²) in [5, 5.41) is 18.0. The molecule has 2 heterocycles. The van der Waals surface area contributed by atoms with E-state index in [0.29, 0.717) is 6.04 Å². The summed E-state index contributed by atoms with van der Waals surface area (Å²) in [5.41, 5.74) is 4.67. The highest BCUT2D eigenvalue weighted by molar-refractivity contribution is 6.00. The van der Waals surface area contributed by atoms with Gasteiger partial charge in [-0.05, 0) is 72.1 Å². The minimum atomic E-state index is 0.353. The average Bonchev–Trinajstić information content (AvgIpc) is 3.04. The van der Waals surface area contributed by atoms with Crippen LogP contribution < -0.4 is 10.1 Å². The highest BCUT2D eigenvalue weighted by Crippen LogP contribution is 2.33. The number of hydrogen-bond acceptors (Lipinski definition) is 6. The quantitative estimate of drug-likeness (QED) is 0.193. The maximum absolute atomic E-state index is 5.60. The Morgan fingerprint density at radius 3 is 2.29 bits per heavy atom. The number of nitrogens with one attached hydrogen (secondary N) is 1. The van der Waals surface area contributed by atoms with Gasteiger partial charge in [0, 0.05) is 48.6 Å². The predicted octanol–water partition coefficient (Wildman–Crippen LogP) is 7.38. The fraction of sp³-hybridized carbons (Fsp3) is 0.333. The van der Waals surface area contributed by atoms with Crippen LogP contribution in [0, 0.1) is 0 Å². The molecule has 0 saturated carbocycles. The van der Waals surface area contributed by atoms with E-state index in [1.807, 2.05) is 6.07 Å². The zero-order valence-electron chi connectivity index (χ0n) is 25.0. The molecule has 1 aromatic heterocycles. The Kier molecular flexibility index (Phi) is 8.63. The molecule has 0 spiro atoms. The number of methoxy groups -OCH3 is 1. The fourth-order valence-corrected chi connectivity index (χ4v) is 6.08. The van der Waals surface area contributed by atoms with Crippen molar-refractivity contribution in [3.8, 4) is 17.0 Å². The molecule has 6 heteroatoms. The highest BCUT2D eigenvalue weighted by Gasteiger charge is 2.21. The first-order chi connectivity index (χ1) is 20.6. The van der Waals surface area contributed by atoms with Crippen LogP contribution in [0.4, 0.5) is 5.82 Å². The molecule has 6 nitrogen and oxygen atoms in total. The van der Waals surface area contributed by atoms with Crippen molar-refractivity contribution in [1.82, 2.24) is 20.0 Å². The third-order valence-electron chi connectivity index (χ3n) is 8.66. The number of hydrogen-bond donors (Lipinski definition) is 1. The largest absolute Gasteiger partial charge is 0.497 e. The number of benzene rings is 4. The Hall–Kier alpha value is -4.00. The van der Waals surface area contributed by atoms with Gasteiger partial charge in [0.25, 0.3) is 0 Å². The molecular weight excluding hydrogens is 518 g/mol. The van der Waals surface area contributed by atoms with Crippen LogP contribution in [0.3, 0.4) is 0 Å². The van der Waals surface area contributed by atoms with Gasteiger partial charge < -0.3 is 10.1 Å². The summed E-state index contributed by atoms with van der Waals surface area (Å²) in [6, 6.07) is 30.7. The lowest BCUT2D eigenvalue weighted by Crippen LogP contribution is -2.38. The molecule has 1 aliphatic rings. The van der Waals surface area contributed by atoms with Crippen LogP contribution in [0.1, 0.15) is 37.8 Å². The molecule has 0 bridgehead atoms. The molecule has 5 aromatic rings. The van der Waals surface area contributed by atoms with Gasteiger partial charge in [-0.2, -0.15) is 0 Å². The minimum absolute atomic E-state index is 0.353. The van der Waals surface area contributed by atoms with Gasteiger partial charge in [0.05, 0.1) is 7.11 Å². The van der Waals surface area contributed by atoms with Crippen LogP contribution in [-0.4, -0.2) is 59.3 Å². The van der Waals surface area contributed by atoms with E-state index in [2.05, 4.69) is 108 Å². The molecule has 6 rings (SSSR count). The summed E-state index contributed by atoms with van der Waals surface area (Å²) in [6.45, 7) is 10.6. The molecule has 0 radical (unpaired) electrons. The number of likely N-dealkylation sites (tertiary alicyclic amines) is 1. The SMILES string of the molecule is CCN(CC)Cc1ccc(-c2nnc(NC3CCN(Cc4ccc5ccccc5c4)CC3)c3cc(OC)ccc23)cc1. The van der Waals surface area contributed by atoms with E-state index in [4.69, 9.17) is 14.9 Å². The van der Waals surface area contributed by atoms with Gasteiger partial charge in [-0.15, -0.1) is 10.2 Å². The van der Waals surface area contributed by atoms with Gasteiger partial charge in [-0.3, -0.25) is 9.80 Å². The second-order valence-electron chi connectivity index (χ2n) is 11.3. The summed E-state index contributed by atoms with van der Waals surface area (Å²) >= 11 is 0. The van der Waals surface area contributed by atoms with E-state index in [-0.39, 0.29) is 0 Å². The molecule has 216 valence electrons. The van der Waals surface area contributed by atoms with Gasteiger partial charge in [0.2, 0.25) is 0 Å². The smallest absolute Gasteiger partial charge is 0.156 e. The van der Waals surface area contributed by atoms with Crippen molar-refractivity contribution in [2.24, 2.45) is 0 Å². The number of anilines is 1. The van der Waals surface area contributed by atoms with Gasteiger partial charge in [0.1, 0.15) is 11.4 Å². The van der Waals surface area contributed by atoms with E-state index in [1.165, 1.54) is 21.9 Å². The minimum Gasteiger partial charge on any atom is -0.497 e.